The van der Waals surface area contributed by atoms with E-state index in [1.807, 2.05) is 10.6 Å². The lowest BCUT2D eigenvalue weighted by Gasteiger charge is -2.16. The summed E-state index contributed by atoms with van der Waals surface area (Å²) in [5.41, 5.74) is 2.03. The number of hydrogen-bond donors (Lipinski definition) is 1. The van der Waals surface area contributed by atoms with Gasteiger partial charge in [-0.05, 0) is 32.4 Å². The first-order valence-corrected chi connectivity index (χ1v) is 7.16. The van der Waals surface area contributed by atoms with Crippen molar-refractivity contribution in [3.05, 3.63) is 24.0 Å². The molecule has 5 heteroatoms. The van der Waals surface area contributed by atoms with Gasteiger partial charge in [-0.2, -0.15) is 9.61 Å². The van der Waals surface area contributed by atoms with Crippen molar-refractivity contribution in [3.63, 3.8) is 0 Å². The van der Waals surface area contributed by atoms with Crippen molar-refractivity contribution in [1.29, 1.82) is 0 Å². The molecule has 1 aliphatic rings. The van der Waals surface area contributed by atoms with Crippen LogP contribution in [-0.4, -0.2) is 45.7 Å². The highest BCUT2D eigenvalue weighted by molar-refractivity contribution is 5.49. The number of fused-ring (bicyclic) bond motifs is 1. The van der Waals surface area contributed by atoms with Crippen LogP contribution in [-0.2, 0) is 6.42 Å². The molecule has 3 rings (SSSR count). The lowest BCUT2D eigenvalue weighted by molar-refractivity contribution is 0.352. The van der Waals surface area contributed by atoms with Gasteiger partial charge in [0.25, 0.3) is 0 Å². The minimum atomic E-state index is 0.919. The van der Waals surface area contributed by atoms with E-state index in [-0.39, 0.29) is 0 Å². The maximum Gasteiger partial charge on any atom is 0.157 e. The van der Waals surface area contributed by atoms with Crippen LogP contribution in [0.1, 0.15) is 25.5 Å². The Hall–Kier alpha value is -1.62. The normalized spacial score (nSPS) is 16.3. The van der Waals surface area contributed by atoms with Crippen LogP contribution >= 0.6 is 0 Å². The standard InChI is InChI=1S/C14H21N5/c1-2-12-11-14(19-13(17-12)5-6-16-19)15-7-10-18-8-3-4-9-18/h5-6,11,15H,2-4,7-10H2,1H3. The Bertz CT molecular complexity index is 542. The zero-order valence-electron chi connectivity index (χ0n) is 11.5. The molecule has 0 bridgehead atoms. The second-order valence-corrected chi connectivity index (χ2v) is 5.06. The van der Waals surface area contributed by atoms with Gasteiger partial charge in [-0.1, -0.05) is 6.92 Å². The summed E-state index contributed by atoms with van der Waals surface area (Å²) in [4.78, 5) is 7.06. The number of likely N-dealkylation sites (tertiary alicyclic amines) is 1. The lowest BCUT2D eigenvalue weighted by atomic mass is 10.3. The molecule has 1 saturated heterocycles. The second-order valence-electron chi connectivity index (χ2n) is 5.06. The van der Waals surface area contributed by atoms with E-state index in [0.717, 1.165) is 36.7 Å². The zero-order chi connectivity index (χ0) is 13.1. The minimum Gasteiger partial charge on any atom is -0.369 e. The summed E-state index contributed by atoms with van der Waals surface area (Å²) in [6.45, 7) is 6.68. The van der Waals surface area contributed by atoms with Gasteiger partial charge in [0.2, 0.25) is 0 Å². The van der Waals surface area contributed by atoms with Crippen molar-refractivity contribution in [2.75, 3.05) is 31.5 Å². The Balaban J connectivity index is 1.70. The quantitative estimate of drug-likeness (QED) is 0.889. The van der Waals surface area contributed by atoms with Crippen LogP contribution in [0.15, 0.2) is 18.3 Å². The molecule has 19 heavy (non-hydrogen) atoms. The van der Waals surface area contributed by atoms with Crippen molar-refractivity contribution >= 4 is 11.5 Å². The summed E-state index contributed by atoms with van der Waals surface area (Å²) < 4.78 is 1.88. The third-order valence-electron chi connectivity index (χ3n) is 3.71. The molecule has 1 aliphatic heterocycles. The fourth-order valence-corrected chi connectivity index (χ4v) is 2.62. The SMILES string of the molecule is CCc1cc(NCCN2CCCC2)n2nccc2n1. The largest absolute Gasteiger partial charge is 0.369 e. The predicted molar refractivity (Wildman–Crippen MR) is 76.5 cm³/mol. The second kappa shape index (κ2) is 5.57. The molecule has 0 amide bonds. The maximum atomic E-state index is 4.55. The van der Waals surface area contributed by atoms with Crippen LogP contribution in [0.4, 0.5) is 5.82 Å². The molecular formula is C14H21N5. The Morgan fingerprint density at radius 3 is 2.95 bits per heavy atom. The lowest BCUT2D eigenvalue weighted by Crippen LogP contribution is -2.26. The Morgan fingerprint density at radius 1 is 1.32 bits per heavy atom. The molecule has 0 aromatic carbocycles. The fraction of sp³-hybridized carbons (Fsp3) is 0.571. The Kier molecular flexibility index (Phi) is 3.64. The van der Waals surface area contributed by atoms with Crippen LogP contribution in [0.25, 0.3) is 5.65 Å². The first kappa shape index (κ1) is 12.4. The van der Waals surface area contributed by atoms with E-state index < -0.39 is 0 Å². The summed E-state index contributed by atoms with van der Waals surface area (Å²) in [6, 6.07) is 4.05. The summed E-state index contributed by atoms with van der Waals surface area (Å²) in [5, 5.41) is 7.82. The highest BCUT2D eigenvalue weighted by Crippen LogP contribution is 2.13. The van der Waals surface area contributed by atoms with E-state index >= 15 is 0 Å². The van der Waals surface area contributed by atoms with Crippen LogP contribution in [0.5, 0.6) is 0 Å². The molecule has 0 radical (unpaired) electrons. The van der Waals surface area contributed by atoms with E-state index in [1.165, 1.54) is 25.9 Å². The average Bonchev–Trinajstić information content (AvgIpc) is 3.08. The summed E-state index contributed by atoms with van der Waals surface area (Å²) >= 11 is 0. The van der Waals surface area contributed by atoms with E-state index in [4.69, 9.17) is 0 Å². The summed E-state index contributed by atoms with van der Waals surface area (Å²) in [7, 11) is 0. The number of aromatic nitrogens is 3. The number of hydrogen-bond acceptors (Lipinski definition) is 4. The molecule has 5 nitrogen and oxygen atoms in total. The first-order chi connectivity index (χ1) is 9.36. The van der Waals surface area contributed by atoms with E-state index in [9.17, 15) is 0 Å². The number of rotatable bonds is 5. The third kappa shape index (κ3) is 2.71. The van der Waals surface area contributed by atoms with Crippen molar-refractivity contribution in [3.8, 4) is 0 Å². The van der Waals surface area contributed by atoms with E-state index in [0.29, 0.717) is 0 Å². The first-order valence-electron chi connectivity index (χ1n) is 7.16. The monoisotopic (exact) mass is 259 g/mol. The minimum absolute atomic E-state index is 0.919. The van der Waals surface area contributed by atoms with Crippen LogP contribution in [0.3, 0.4) is 0 Å². The molecule has 102 valence electrons. The zero-order valence-corrected chi connectivity index (χ0v) is 11.5. The maximum absolute atomic E-state index is 4.55. The number of nitrogens with zero attached hydrogens (tertiary/aromatic N) is 4. The smallest absolute Gasteiger partial charge is 0.157 e. The molecule has 0 unspecified atom stereocenters. The van der Waals surface area contributed by atoms with Crippen LogP contribution in [0.2, 0.25) is 0 Å². The molecule has 1 N–H and O–H groups in total. The van der Waals surface area contributed by atoms with Gasteiger partial charge in [0, 0.05) is 30.9 Å². The van der Waals surface area contributed by atoms with Gasteiger partial charge in [-0.3, -0.25) is 0 Å². The van der Waals surface area contributed by atoms with Crippen LogP contribution in [0, 0.1) is 0 Å². The molecule has 2 aromatic heterocycles. The molecule has 0 atom stereocenters. The van der Waals surface area contributed by atoms with Gasteiger partial charge in [-0.25, -0.2) is 4.98 Å². The molecule has 0 saturated carbocycles. The number of nitrogens with one attached hydrogen (secondary N) is 1. The fourth-order valence-electron chi connectivity index (χ4n) is 2.62. The molecule has 0 spiro atoms. The van der Waals surface area contributed by atoms with Gasteiger partial charge >= 0.3 is 0 Å². The van der Waals surface area contributed by atoms with E-state index in [2.05, 4.69) is 33.3 Å². The summed E-state index contributed by atoms with van der Waals surface area (Å²) in [6.07, 6.45) is 5.44. The average molecular weight is 259 g/mol. The Morgan fingerprint density at radius 2 is 2.16 bits per heavy atom. The van der Waals surface area contributed by atoms with E-state index in [1.54, 1.807) is 6.20 Å². The van der Waals surface area contributed by atoms with Crippen molar-refractivity contribution in [1.82, 2.24) is 19.5 Å². The molecular weight excluding hydrogens is 238 g/mol. The molecule has 2 aromatic rings. The van der Waals surface area contributed by atoms with Gasteiger partial charge < -0.3 is 10.2 Å². The van der Waals surface area contributed by atoms with Crippen molar-refractivity contribution < 1.29 is 0 Å². The van der Waals surface area contributed by atoms with Crippen LogP contribution < -0.4 is 5.32 Å². The third-order valence-corrected chi connectivity index (χ3v) is 3.71. The highest BCUT2D eigenvalue weighted by atomic mass is 15.3. The van der Waals surface area contributed by atoms with Gasteiger partial charge in [0.15, 0.2) is 5.65 Å². The molecule has 1 fully saturated rings. The van der Waals surface area contributed by atoms with Crippen molar-refractivity contribution in [2.24, 2.45) is 0 Å². The van der Waals surface area contributed by atoms with Gasteiger partial charge in [0.1, 0.15) is 5.82 Å². The highest BCUT2D eigenvalue weighted by Gasteiger charge is 2.11. The predicted octanol–water partition coefficient (Wildman–Crippen LogP) is 1.80. The van der Waals surface area contributed by atoms with Crippen molar-refractivity contribution in [2.45, 2.75) is 26.2 Å². The van der Waals surface area contributed by atoms with Gasteiger partial charge in [-0.15, -0.1) is 0 Å². The summed E-state index contributed by atoms with van der Waals surface area (Å²) in [5.74, 6) is 1.05. The number of aryl methyl sites for hydroxylation is 1. The molecule has 3 heterocycles. The molecule has 0 aliphatic carbocycles. The topological polar surface area (TPSA) is 45.5 Å². The number of anilines is 1. The Labute approximate surface area is 113 Å². The van der Waals surface area contributed by atoms with Gasteiger partial charge in [0.05, 0.1) is 6.20 Å².